The largest absolute Gasteiger partial charge is 0.388 e. The molecular weight excluding hydrogens is 244 g/mol. The lowest BCUT2D eigenvalue weighted by molar-refractivity contribution is 0.0366. The Kier molecular flexibility index (Phi) is 3.89. The van der Waals surface area contributed by atoms with Gasteiger partial charge in [-0.3, -0.25) is 9.89 Å². The minimum atomic E-state index is -0.903. The standard InChI is InChI=1S/C13H22N4O2/c1-8(2)6-13(3,19)7-14-12(18)11-15-10(16-17-11)9-4-5-9/h8-9,19H,4-7H2,1-3H3,(H,14,18)(H,15,16,17). The third-order valence-corrected chi connectivity index (χ3v) is 3.15. The van der Waals surface area contributed by atoms with E-state index in [2.05, 4.69) is 20.5 Å². The van der Waals surface area contributed by atoms with Gasteiger partial charge in [-0.05, 0) is 32.1 Å². The van der Waals surface area contributed by atoms with Crippen molar-refractivity contribution >= 4 is 5.91 Å². The van der Waals surface area contributed by atoms with Crippen molar-refractivity contribution in [3.8, 4) is 0 Å². The molecule has 0 aromatic carbocycles. The van der Waals surface area contributed by atoms with E-state index in [1.807, 2.05) is 13.8 Å². The minimum Gasteiger partial charge on any atom is -0.388 e. The van der Waals surface area contributed by atoms with Crippen LogP contribution in [-0.4, -0.2) is 38.3 Å². The first-order valence-electron chi connectivity index (χ1n) is 6.80. The highest BCUT2D eigenvalue weighted by atomic mass is 16.3. The highest BCUT2D eigenvalue weighted by molar-refractivity contribution is 5.90. The number of carbonyl (C=O) groups is 1. The fourth-order valence-electron chi connectivity index (χ4n) is 2.22. The molecule has 1 aliphatic rings. The Bertz CT molecular complexity index is 449. The lowest BCUT2D eigenvalue weighted by atomic mass is 9.94. The molecule has 1 aromatic heterocycles. The molecule has 0 bridgehead atoms. The topological polar surface area (TPSA) is 90.9 Å². The maximum Gasteiger partial charge on any atom is 0.291 e. The lowest BCUT2D eigenvalue weighted by Crippen LogP contribution is -2.41. The van der Waals surface area contributed by atoms with E-state index in [1.54, 1.807) is 6.92 Å². The Morgan fingerprint density at radius 1 is 1.58 bits per heavy atom. The Morgan fingerprint density at radius 2 is 2.26 bits per heavy atom. The maximum atomic E-state index is 11.9. The van der Waals surface area contributed by atoms with E-state index < -0.39 is 5.60 Å². The van der Waals surface area contributed by atoms with Gasteiger partial charge in [-0.1, -0.05) is 13.8 Å². The third-order valence-electron chi connectivity index (χ3n) is 3.15. The summed E-state index contributed by atoms with van der Waals surface area (Å²) in [6.45, 7) is 6.00. The number of nitrogens with one attached hydrogen (secondary N) is 2. The number of nitrogens with zero attached hydrogens (tertiary/aromatic N) is 2. The average molecular weight is 266 g/mol. The summed E-state index contributed by atoms with van der Waals surface area (Å²) in [6.07, 6.45) is 2.85. The fraction of sp³-hybridized carbons (Fsp3) is 0.769. The van der Waals surface area contributed by atoms with Crippen LogP contribution in [0.4, 0.5) is 0 Å². The summed E-state index contributed by atoms with van der Waals surface area (Å²) in [5, 5.41) is 19.5. The third kappa shape index (κ3) is 4.02. The minimum absolute atomic E-state index is 0.155. The van der Waals surface area contributed by atoms with Gasteiger partial charge < -0.3 is 10.4 Å². The predicted octanol–water partition coefficient (Wildman–Crippen LogP) is 1.21. The van der Waals surface area contributed by atoms with Crippen molar-refractivity contribution in [2.75, 3.05) is 6.54 Å². The summed E-state index contributed by atoms with van der Waals surface area (Å²) in [4.78, 5) is 16.0. The zero-order valence-electron chi connectivity index (χ0n) is 11.7. The predicted molar refractivity (Wildman–Crippen MR) is 70.8 cm³/mol. The summed E-state index contributed by atoms with van der Waals surface area (Å²) >= 11 is 0. The summed E-state index contributed by atoms with van der Waals surface area (Å²) in [5.41, 5.74) is -0.903. The van der Waals surface area contributed by atoms with E-state index >= 15 is 0 Å². The van der Waals surface area contributed by atoms with Crippen molar-refractivity contribution in [3.63, 3.8) is 0 Å². The zero-order chi connectivity index (χ0) is 14.0. The van der Waals surface area contributed by atoms with Crippen LogP contribution in [0.2, 0.25) is 0 Å². The van der Waals surface area contributed by atoms with Gasteiger partial charge >= 0.3 is 0 Å². The number of hydrogen-bond donors (Lipinski definition) is 3. The number of rotatable bonds is 6. The molecule has 0 spiro atoms. The lowest BCUT2D eigenvalue weighted by Gasteiger charge is -2.25. The van der Waals surface area contributed by atoms with Gasteiger partial charge in [0.05, 0.1) is 5.60 Å². The van der Waals surface area contributed by atoms with Crippen molar-refractivity contribution in [2.45, 2.75) is 51.6 Å². The molecule has 1 saturated carbocycles. The van der Waals surface area contributed by atoms with Crippen molar-refractivity contribution in [1.82, 2.24) is 20.5 Å². The smallest absolute Gasteiger partial charge is 0.291 e. The molecule has 106 valence electrons. The number of carbonyl (C=O) groups excluding carboxylic acids is 1. The number of aliphatic hydroxyl groups is 1. The number of aromatic nitrogens is 3. The van der Waals surface area contributed by atoms with E-state index in [-0.39, 0.29) is 18.3 Å². The maximum absolute atomic E-state index is 11.9. The Labute approximate surface area is 113 Å². The van der Waals surface area contributed by atoms with Crippen LogP contribution in [0.3, 0.4) is 0 Å². The van der Waals surface area contributed by atoms with Crippen molar-refractivity contribution in [3.05, 3.63) is 11.6 Å². The second-order valence-electron chi connectivity index (χ2n) is 6.10. The second-order valence-corrected chi connectivity index (χ2v) is 6.10. The molecule has 2 rings (SSSR count). The van der Waals surface area contributed by atoms with E-state index in [0.717, 1.165) is 18.7 Å². The van der Waals surface area contributed by atoms with E-state index in [4.69, 9.17) is 0 Å². The highest BCUT2D eigenvalue weighted by Crippen LogP contribution is 2.37. The van der Waals surface area contributed by atoms with E-state index in [9.17, 15) is 9.90 Å². The van der Waals surface area contributed by atoms with Gasteiger partial charge in [0.2, 0.25) is 5.82 Å². The molecule has 19 heavy (non-hydrogen) atoms. The average Bonchev–Trinajstić information content (AvgIpc) is 3.03. The highest BCUT2D eigenvalue weighted by Gasteiger charge is 2.29. The second kappa shape index (κ2) is 5.28. The van der Waals surface area contributed by atoms with Gasteiger partial charge in [0.25, 0.3) is 5.91 Å². The molecule has 1 aromatic rings. The molecule has 6 nitrogen and oxygen atoms in total. The van der Waals surface area contributed by atoms with Gasteiger partial charge in [0, 0.05) is 12.5 Å². The molecular formula is C13H22N4O2. The van der Waals surface area contributed by atoms with Crippen LogP contribution in [0.5, 0.6) is 0 Å². The molecule has 3 N–H and O–H groups in total. The first-order valence-corrected chi connectivity index (χ1v) is 6.80. The molecule has 0 aliphatic heterocycles. The molecule has 1 heterocycles. The Balaban J connectivity index is 1.86. The van der Waals surface area contributed by atoms with Crippen LogP contribution in [0.1, 0.15) is 62.4 Å². The van der Waals surface area contributed by atoms with Gasteiger partial charge in [-0.25, -0.2) is 4.98 Å². The zero-order valence-corrected chi connectivity index (χ0v) is 11.7. The summed E-state index contributed by atoms with van der Waals surface area (Å²) in [6, 6.07) is 0. The molecule has 0 saturated heterocycles. The quantitative estimate of drug-likeness (QED) is 0.721. The first kappa shape index (κ1) is 14.0. The van der Waals surface area contributed by atoms with Gasteiger partial charge in [-0.2, -0.15) is 0 Å². The van der Waals surface area contributed by atoms with Crippen LogP contribution in [0.15, 0.2) is 0 Å². The molecule has 1 amide bonds. The van der Waals surface area contributed by atoms with E-state index in [1.165, 1.54) is 0 Å². The molecule has 1 unspecified atom stereocenters. The molecule has 6 heteroatoms. The number of aromatic amines is 1. The van der Waals surface area contributed by atoms with Gasteiger partial charge in [0.15, 0.2) is 0 Å². The Hall–Kier alpha value is -1.43. The van der Waals surface area contributed by atoms with Crippen LogP contribution >= 0.6 is 0 Å². The normalized spacial score (nSPS) is 18.4. The summed E-state index contributed by atoms with van der Waals surface area (Å²) < 4.78 is 0. The van der Waals surface area contributed by atoms with Crippen LogP contribution in [0.25, 0.3) is 0 Å². The molecule has 1 fully saturated rings. The summed E-state index contributed by atoms with van der Waals surface area (Å²) in [5.74, 6) is 1.42. The summed E-state index contributed by atoms with van der Waals surface area (Å²) in [7, 11) is 0. The molecule has 1 atom stereocenters. The monoisotopic (exact) mass is 266 g/mol. The number of H-pyrrole nitrogens is 1. The number of hydrogen-bond acceptors (Lipinski definition) is 4. The van der Waals surface area contributed by atoms with Crippen LogP contribution in [0, 0.1) is 5.92 Å². The van der Waals surface area contributed by atoms with Crippen molar-refractivity contribution in [1.29, 1.82) is 0 Å². The van der Waals surface area contributed by atoms with Gasteiger partial charge in [0.1, 0.15) is 5.82 Å². The van der Waals surface area contributed by atoms with Crippen LogP contribution in [-0.2, 0) is 0 Å². The Morgan fingerprint density at radius 3 is 2.84 bits per heavy atom. The van der Waals surface area contributed by atoms with Crippen molar-refractivity contribution < 1.29 is 9.90 Å². The molecule has 1 aliphatic carbocycles. The van der Waals surface area contributed by atoms with Crippen LogP contribution < -0.4 is 5.32 Å². The first-order chi connectivity index (χ1) is 8.87. The molecule has 0 radical (unpaired) electrons. The van der Waals surface area contributed by atoms with Crippen molar-refractivity contribution in [2.24, 2.45) is 5.92 Å². The van der Waals surface area contributed by atoms with E-state index in [0.29, 0.717) is 18.3 Å². The van der Waals surface area contributed by atoms with Gasteiger partial charge in [-0.15, -0.1) is 5.10 Å². The fourth-order valence-corrected chi connectivity index (χ4v) is 2.22. The number of amides is 1. The SMILES string of the molecule is CC(C)CC(C)(O)CNC(=O)c1n[nH]c(C2CC2)n1.